The number of anilines is 1. The van der Waals surface area contributed by atoms with Crippen LogP contribution in [-0.2, 0) is 17.8 Å². The van der Waals surface area contributed by atoms with E-state index in [0.29, 0.717) is 34.8 Å². The summed E-state index contributed by atoms with van der Waals surface area (Å²) >= 11 is 6.07. The minimum Gasteiger partial charge on any atom is -0.360 e. The Hall–Kier alpha value is -2.67. The van der Waals surface area contributed by atoms with Gasteiger partial charge in [0.15, 0.2) is 11.6 Å². The molecule has 3 aromatic rings. The first-order chi connectivity index (χ1) is 12.0. The first kappa shape index (κ1) is 17.2. The summed E-state index contributed by atoms with van der Waals surface area (Å²) in [7, 11) is 0. The average molecular weight is 360 g/mol. The zero-order valence-corrected chi connectivity index (χ0v) is 15.0. The van der Waals surface area contributed by atoms with Crippen molar-refractivity contribution >= 4 is 23.3 Å². The molecule has 0 bridgehead atoms. The number of aromatic nitrogens is 4. The van der Waals surface area contributed by atoms with Gasteiger partial charge >= 0.3 is 0 Å². The highest BCUT2D eigenvalue weighted by Crippen LogP contribution is 2.23. The van der Waals surface area contributed by atoms with Crippen LogP contribution in [0.5, 0.6) is 0 Å². The molecule has 25 heavy (non-hydrogen) atoms. The van der Waals surface area contributed by atoms with Crippen molar-refractivity contribution in [3.05, 3.63) is 46.4 Å². The second kappa shape index (κ2) is 7.06. The third kappa shape index (κ3) is 3.88. The number of halogens is 1. The van der Waals surface area contributed by atoms with E-state index in [1.54, 1.807) is 17.7 Å². The summed E-state index contributed by atoms with van der Waals surface area (Å²) in [6.45, 7) is 6.26. The van der Waals surface area contributed by atoms with Crippen LogP contribution in [-0.4, -0.2) is 25.8 Å². The van der Waals surface area contributed by atoms with Gasteiger partial charge in [-0.15, -0.1) is 0 Å². The van der Waals surface area contributed by atoms with Gasteiger partial charge in [0.2, 0.25) is 5.91 Å². The molecule has 0 spiro atoms. The number of amides is 1. The standard InChI is InChI=1S/C17H18ClN5O2/c1-4-23-15(9-16(24)19-14-8-11(3)25-22-14)20-17(21-23)12-5-6-13(18)10(2)7-12/h5-8H,4,9H2,1-3H3,(H,19,22,24). The molecule has 0 aliphatic rings. The van der Waals surface area contributed by atoms with E-state index < -0.39 is 0 Å². The van der Waals surface area contributed by atoms with Crippen LogP contribution in [0.3, 0.4) is 0 Å². The number of carbonyl (C=O) groups excluding carboxylic acids is 1. The van der Waals surface area contributed by atoms with Crippen LogP contribution < -0.4 is 5.32 Å². The molecule has 0 saturated heterocycles. The summed E-state index contributed by atoms with van der Waals surface area (Å²) in [5.74, 6) is 1.95. The van der Waals surface area contributed by atoms with Gasteiger partial charge in [-0.1, -0.05) is 16.8 Å². The third-order valence-electron chi connectivity index (χ3n) is 3.68. The number of carbonyl (C=O) groups is 1. The Morgan fingerprint density at radius 3 is 2.76 bits per heavy atom. The van der Waals surface area contributed by atoms with Crippen LogP contribution in [0, 0.1) is 13.8 Å². The molecule has 0 radical (unpaired) electrons. The Labute approximate surface area is 150 Å². The van der Waals surface area contributed by atoms with E-state index in [0.717, 1.165) is 11.1 Å². The topological polar surface area (TPSA) is 85.8 Å². The zero-order valence-electron chi connectivity index (χ0n) is 14.2. The van der Waals surface area contributed by atoms with Crippen molar-refractivity contribution in [1.29, 1.82) is 0 Å². The van der Waals surface area contributed by atoms with Gasteiger partial charge in [0.25, 0.3) is 0 Å². The molecule has 0 aliphatic heterocycles. The highest BCUT2D eigenvalue weighted by Gasteiger charge is 2.15. The first-order valence-electron chi connectivity index (χ1n) is 7.89. The Morgan fingerprint density at radius 1 is 1.32 bits per heavy atom. The second-order valence-electron chi connectivity index (χ2n) is 5.68. The van der Waals surface area contributed by atoms with E-state index in [9.17, 15) is 4.79 Å². The largest absolute Gasteiger partial charge is 0.360 e. The molecule has 0 unspecified atom stereocenters. The molecule has 1 amide bonds. The van der Waals surface area contributed by atoms with Crippen LogP contribution in [0.2, 0.25) is 5.02 Å². The van der Waals surface area contributed by atoms with Crippen LogP contribution in [0.15, 0.2) is 28.8 Å². The van der Waals surface area contributed by atoms with Gasteiger partial charge < -0.3 is 9.84 Å². The van der Waals surface area contributed by atoms with E-state index in [1.165, 1.54) is 0 Å². The van der Waals surface area contributed by atoms with E-state index in [-0.39, 0.29) is 12.3 Å². The van der Waals surface area contributed by atoms with Gasteiger partial charge in [-0.3, -0.25) is 4.79 Å². The van der Waals surface area contributed by atoms with Gasteiger partial charge in [0.05, 0.1) is 6.42 Å². The predicted octanol–water partition coefficient (Wildman–Crippen LogP) is 3.40. The molecule has 0 aliphatic carbocycles. The lowest BCUT2D eigenvalue weighted by Gasteiger charge is -2.02. The summed E-state index contributed by atoms with van der Waals surface area (Å²) in [6, 6.07) is 7.27. The van der Waals surface area contributed by atoms with Crippen molar-refractivity contribution in [1.82, 2.24) is 19.9 Å². The molecule has 130 valence electrons. The maximum Gasteiger partial charge on any atom is 0.233 e. The molecule has 0 fully saturated rings. The fourth-order valence-electron chi connectivity index (χ4n) is 2.42. The van der Waals surface area contributed by atoms with E-state index in [4.69, 9.17) is 16.1 Å². The van der Waals surface area contributed by atoms with Crippen molar-refractivity contribution in [3.63, 3.8) is 0 Å². The summed E-state index contributed by atoms with van der Waals surface area (Å²) < 4.78 is 6.65. The highest BCUT2D eigenvalue weighted by molar-refractivity contribution is 6.31. The molecule has 2 aromatic heterocycles. The number of nitrogens with zero attached hydrogens (tertiary/aromatic N) is 4. The molecule has 8 heteroatoms. The summed E-state index contributed by atoms with van der Waals surface area (Å²) in [4.78, 5) is 16.7. The maximum absolute atomic E-state index is 12.2. The van der Waals surface area contributed by atoms with Crippen LogP contribution >= 0.6 is 11.6 Å². The third-order valence-corrected chi connectivity index (χ3v) is 4.10. The Bertz CT molecular complexity index is 916. The predicted molar refractivity (Wildman–Crippen MR) is 94.5 cm³/mol. The molecular formula is C17H18ClN5O2. The lowest BCUT2D eigenvalue weighted by molar-refractivity contribution is -0.115. The molecule has 7 nitrogen and oxygen atoms in total. The van der Waals surface area contributed by atoms with Crippen LogP contribution in [0.4, 0.5) is 5.82 Å². The van der Waals surface area contributed by atoms with Crippen molar-refractivity contribution in [3.8, 4) is 11.4 Å². The fraction of sp³-hybridized carbons (Fsp3) is 0.294. The zero-order chi connectivity index (χ0) is 18.0. The quantitative estimate of drug-likeness (QED) is 0.754. The number of hydrogen-bond donors (Lipinski definition) is 1. The van der Waals surface area contributed by atoms with Crippen molar-refractivity contribution in [2.75, 3.05) is 5.32 Å². The molecular weight excluding hydrogens is 342 g/mol. The van der Waals surface area contributed by atoms with Crippen molar-refractivity contribution < 1.29 is 9.32 Å². The summed E-state index contributed by atoms with van der Waals surface area (Å²) in [5.41, 5.74) is 1.82. The Morgan fingerprint density at radius 2 is 2.12 bits per heavy atom. The van der Waals surface area contributed by atoms with Crippen LogP contribution in [0.1, 0.15) is 24.1 Å². The lowest BCUT2D eigenvalue weighted by atomic mass is 10.1. The van der Waals surface area contributed by atoms with E-state index in [2.05, 4.69) is 20.6 Å². The SMILES string of the molecule is CCn1nc(-c2ccc(Cl)c(C)c2)nc1CC(=O)Nc1cc(C)on1. The normalized spacial score (nSPS) is 10.9. The number of hydrogen-bond acceptors (Lipinski definition) is 5. The van der Waals surface area contributed by atoms with Gasteiger partial charge in [0, 0.05) is 23.2 Å². The Kier molecular flexibility index (Phi) is 4.85. The molecule has 1 aromatic carbocycles. The summed E-state index contributed by atoms with van der Waals surface area (Å²) in [5, 5.41) is 11.6. The summed E-state index contributed by atoms with van der Waals surface area (Å²) in [6.07, 6.45) is 0.0965. The Balaban J connectivity index is 1.80. The second-order valence-corrected chi connectivity index (χ2v) is 6.09. The highest BCUT2D eigenvalue weighted by atomic mass is 35.5. The number of benzene rings is 1. The lowest BCUT2D eigenvalue weighted by Crippen LogP contribution is -2.18. The molecule has 2 heterocycles. The average Bonchev–Trinajstić information content (AvgIpc) is 3.16. The minimum absolute atomic E-state index is 0.0965. The number of rotatable bonds is 5. The molecule has 0 atom stereocenters. The van der Waals surface area contributed by atoms with Crippen molar-refractivity contribution in [2.24, 2.45) is 0 Å². The number of nitrogens with one attached hydrogen (secondary N) is 1. The van der Waals surface area contributed by atoms with Gasteiger partial charge in [-0.05, 0) is 44.5 Å². The monoisotopic (exact) mass is 359 g/mol. The smallest absolute Gasteiger partial charge is 0.233 e. The van der Waals surface area contributed by atoms with Gasteiger partial charge in [-0.2, -0.15) is 5.10 Å². The van der Waals surface area contributed by atoms with Crippen LogP contribution in [0.25, 0.3) is 11.4 Å². The van der Waals surface area contributed by atoms with E-state index >= 15 is 0 Å². The van der Waals surface area contributed by atoms with Gasteiger partial charge in [0.1, 0.15) is 11.6 Å². The van der Waals surface area contributed by atoms with Gasteiger partial charge in [-0.25, -0.2) is 9.67 Å². The first-order valence-corrected chi connectivity index (χ1v) is 8.27. The fourth-order valence-corrected chi connectivity index (χ4v) is 2.54. The minimum atomic E-state index is -0.228. The van der Waals surface area contributed by atoms with Crippen molar-refractivity contribution in [2.45, 2.75) is 33.7 Å². The number of aryl methyl sites for hydroxylation is 3. The molecule has 3 rings (SSSR count). The molecule has 1 N–H and O–H groups in total. The molecule has 0 saturated carbocycles. The maximum atomic E-state index is 12.2. The van der Waals surface area contributed by atoms with E-state index in [1.807, 2.05) is 32.0 Å².